The van der Waals surface area contributed by atoms with Gasteiger partial charge in [0, 0.05) is 0 Å². The topological polar surface area (TPSA) is 80.4 Å². The first-order chi connectivity index (χ1) is 8.03. The Morgan fingerprint density at radius 3 is 2.24 bits per heavy atom. The lowest BCUT2D eigenvalue weighted by Gasteiger charge is -2.08. The van der Waals surface area contributed by atoms with Gasteiger partial charge in [-0.1, -0.05) is 24.3 Å². The predicted molar refractivity (Wildman–Crippen MR) is 64.4 cm³/mol. The molecule has 0 aliphatic carbocycles. The number of hydrogen-bond acceptors (Lipinski definition) is 4. The van der Waals surface area contributed by atoms with Gasteiger partial charge in [0.2, 0.25) is 9.84 Å². The first-order valence-electron chi connectivity index (χ1n) is 4.91. The third-order valence-electron chi connectivity index (χ3n) is 2.39. The monoisotopic (exact) mass is 249 g/mol. The molecule has 88 valence electrons. The highest BCUT2D eigenvalue weighted by molar-refractivity contribution is 7.91. The van der Waals surface area contributed by atoms with Gasteiger partial charge < -0.3 is 10.8 Å². The molecule has 0 aliphatic heterocycles. The van der Waals surface area contributed by atoms with Crippen molar-refractivity contribution in [1.29, 1.82) is 0 Å². The van der Waals surface area contributed by atoms with Gasteiger partial charge in [0.15, 0.2) is 0 Å². The third-order valence-corrected chi connectivity index (χ3v) is 4.21. The molecule has 0 unspecified atom stereocenters. The number of hydrogen-bond donors (Lipinski definition) is 2. The van der Waals surface area contributed by atoms with E-state index < -0.39 is 9.84 Å². The molecule has 0 saturated carbocycles. The van der Waals surface area contributed by atoms with Crippen LogP contribution < -0.4 is 5.73 Å². The van der Waals surface area contributed by atoms with Crippen LogP contribution in [0.25, 0.3) is 0 Å². The number of nitrogen functional groups attached to an aromatic ring is 1. The minimum Gasteiger partial charge on any atom is -0.506 e. The van der Waals surface area contributed by atoms with E-state index in [0.717, 1.165) is 0 Å². The van der Waals surface area contributed by atoms with E-state index in [1.807, 2.05) is 0 Å². The summed E-state index contributed by atoms with van der Waals surface area (Å²) in [4.78, 5) is 0.0704. The molecule has 0 radical (unpaired) electrons. The number of nitrogens with two attached hydrogens (primary N) is 1. The molecule has 0 aliphatic rings. The summed E-state index contributed by atoms with van der Waals surface area (Å²) in [6, 6.07) is 12.1. The average molecular weight is 249 g/mol. The van der Waals surface area contributed by atoms with E-state index in [-0.39, 0.29) is 21.2 Å². The highest BCUT2D eigenvalue weighted by Gasteiger charge is 2.21. The Morgan fingerprint density at radius 1 is 0.941 bits per heavy atom. The minimum atomic E-state index is -3.68. The van der Waals surface area contributed by atoms with Crippen molar-refractivity contribution in [1.82, 2.24) is 0 Å². The fourth-order valence-electron chi connectivity index (χ4n) is 1.49. The van der Waals surface area contributed by atoms with Crippen molar-refractivity contribution in [2.75, 3.05) is 5.73 Å². The van der Waals surface area contributed by atoms with Crippen LogP contribution in [0.3, 0.4) is 0 Å². The number of phenolic OH excluding ortho intramolecular Hbond substituents is 1. The van der Waals surface area contributed by atoms with E-state index in [1.165, 1.54) is 30.3 Å². The van der Waals surface area contributed by atoms with Gasteiger partial charge >= 0.3 is 0 Å². The molecule has 2 rings (SSSR count). The van der Waals surface area contributed by atoms with Crippen molar-refractivity contribution in [3.63, 3.8) is 0 Å². The number of rotatable bonds is 2. The van der Waals surface area contributed by atoms with Crippen molar-refractivity contribution >= 4 is 15.5 Å². The Labute approximate surface area is 99.2 Å². The predicted octanol–water partition coefficient (Wildman–Crippen LogP) is 1.81. The number of benzene rings is 2. The molecule has 0 aromatic heterocycles. The number of sulfone groups is 1. The van der Waals surface area contributed by atoms with Gasteiger partial charge in [0.25, 0.3) is 0 Å². The first kappa shape index (κ1) is 11.5. The van der Waals surface area contributed by atoms with Crippen LogP contribution in [0.15, 0.2) is 58.3 Å². The number of para-hydroxylation sites is 1. The van der Waals surface area contributed by atoms with Crippen LogP contribution in [-0.2, 0) is 9.84 Å². The quantitative estimate of drug-likeness (QED) is 0.628. The van der Waals surface area contributed by atoms with Crippen molar-refractivity contribution < 1.29 is 13.5 Å². The molecule has 0 fully saturated rings. The SMILES string of the molecule is Nc1c(O)cccc1S(=O)(=O)c1ccccc1. The second-order valence-corrected chi connectivity index (χ2v) is 5.42. The normalized spacial score (nSPS) is 11.3. The van der Waals surface area contributed by atoms with Crippen LogP contribution in [0.4, 0.5) is 5.69 Å². The summed E-state index contributed by atoms with van der Waals surface area (Å²) in [7, 11) is -3.68. The molecule has 17 heavy (non-hydrogen) atoms. The van der Waals surface area contributed by atoms with E-state index in [9.17, 15) is 13.5 Å². The minimum absolute atomic E-state index is 0.0799. The zero-order valence-corrected chi connectivity index (χ0v) is 9.68. The molecule has 0 bridgehead atoms. The van der Waals surface area contributed by atoms with Crippen LogP contribution in [0.1, 0.15) is 0 Å². The summed E-state index contributed by atoms with van der Waals surface area (Å²) in [6.45, 7) is 0. The van der Waals surface area contributed by atoms with Gasteiger partial charge in [-0.25, -0.2) is 8.42 Å². The molecule has 0 heterocycles. The van der Waals surface area contributed by atoms with Crippen molar-refractivity contribution in [3.8, 4) is 5.75 Å². The molecule has 0 saturated heterocycles. The standard InChI is InChI=1S/C12H11NO3S/c13-12-10(14)7-4-8-11(12)17(15,16)9-5-2-1-3-6-9/h1-8,14H,13H2. The molecule has 0 amide bonds. The maximum atomic E-state index is 12.2. The maximum Gasteiger partial charge on any atom is 0.208 e. The molecule has 3 N–H and O–H groups in total. The van der Waals surface area contributed by atoms with E-state index in [1.54, 1.807) is 18.2 Å². The van der Waals surface area contributed by atoms with Gasteiger partial charge in [-0.05, 0) is 24.3 Å². The van der Waals surface area contributed by atoms with Crippen LogP contribution in [0, 0.1) is 0 Å². The van der Waals surface area contributed by atoms with Crippen molar-refractivity contribution in [2.45, 2.75) is 9.79 Å². The maximum absolute atomic E-state index is 12.2. The van der Waals surface area contributed by atoms with Crippen LogP contribution in [0.5, 0.6) is 5.75 Å². The van der Waals surface area contributed by atoms with E-state index >= 15 is 0 Å². The Balaban J connectivity index is 2.65. The summed E-state index contributed by atoms with van der Waals surface area (Å²) >= 11 is 0. The van der Waals surface area contributed by atoms with E-state index in [4.69, 9.17) is 5.73 Å². The summed E-state index contributed by atoms with van der Waals surface area (Å²) in [5.74, 6) is -0.234. The van der Waals surface area contributed by atoms with Gasteiger partial charge in [0.1, 0.15) is 5.75 Å². The number of anilines is 1. The third kappa shape index (κ3) is 1.97. The zero-order valence-electron chi connectivity index (χ0n) is 8.87. The molecule has 0 atom stereocenters. The molecule has 4 nitrogen and oxygen atoms in total. The summed E-state index contributed by atoms with van der Waals surface area (Å²) < 4.78 is 24.4. The lowest BCUT2D eigenvalue weighted by atomic mass is 10.3. The molecule has 5 heteroatoms. The lowest BCUT2D eigenvalue weighted by Crippen LogP contribution is -2.05. The Bertz CT molecular complexity index is 636. The van der Waals surface area contributed by atoms with E-state index in [2.05, 4.69) is 0 Å². The fourth-order valence-corrected chi connectivity index (χ4v) is 2.91. The van der Waals surface area contributed by atoms with Gasteiger partial charge in [-0.15, -0.1) is 0 Å². The largest absolute Gasteiger partial charge is 0.506 e. The van der Waals surface area contributed by atoms with Crippen molar-refractivity contribution in [2.24, 2.45) is 0 Å². The summed E-state index contributed by atoms with van der Waals surface area (Å²) in [5.41, 5.74) is 5.45. The van der Waals surface area contributed by atoms with Crippen LogP contribution in [-0.4, -0.2) is 13.5 Å². The first-order valence-corrected chi connectivity index (χ1v) is 6.39. The molecular formula is C12H11NO3S. The Kier molecular flexibility index (Phi) is 2.77. The smallest absolute Gasteiger partial charge is 0.208 e. The Morgan fingerprint density at radius 2 is 1.59 bits per heavy atom. The molecular weight excluding hydrogens is 238 g/mol. The van der Waals surface area contributed by atoms with Gasteiger partial charge in [-0.2, -0.15) is 0 Å². The molecule has 2 aromatic carbocycles. The second kappa shape index (κ2) is 4.10. The highest BCUT2D eigenvalue weighted by Crippen LogP contribution is 2.31. The summed E-state index contributed by atoms with van der Waals surface area (Å²) in [5, 5.41) is 9.42. The fraction of sp³-hybridized carbons (Fsp3) is 0. The second-order valence-electron chi connectivity index (χ2n) is 3.51. The van der Waals surface area contributed by atoms with Gasteiger partial charge in [0.05, 0.1) is 15.5 Å². The summed E-state index contributed by atoms with van der Waals surface area (Å²) in [6.07, 6.45) is 0. The average Bonchev–Trinajstić information content (AvgIpc) is 2.33. The number of aromatic hydroxyl groups is 1. The van der Waals surface area contributed by atoms with E-state index in [0.29, 0.717) is 0 Å². The number of phenols is 1. The molecule has 0 spiro atoms. The van der Waals surface area contributed by atoms with Crippen LogP contribution in [0.2, 0.25) is 0 Å². The zero-order chi connectivity index (χ0) is 12.5. The highest BCUT2D eigenvalue weighted by atomic mass is 32.2. The van der Waals surface area contributed by atoms with Crippen LogP contribution >= 0.6 is 0 Å². The molecule has 2 aromatic rings. The van der Waals surface area contributed by atoms with Gasteiger partial charge in [-0.3, -0.25) is 0 Å². The Hall–Kier alpha value is -2.01. The lowest BCUT2D eigenvalue weighted by molar-refractivity contribution is 0.476. The van der Waals surface area contributed by atoms with Crippen molar-refractivity contribution in [3.05, 3.63) is 48.5 Å².